The van der Waals surface area contributed by atoms with E-state index in [0.29, 0.717) is 25.4 Å². The maximum atomic E-state index is 12.0. The van der Waals surface area contributed by atoms with E-state index < -0.39 is 0 Å². The Morgan fingerprint density at radius 1 is 1.17 bits per heavy atom. The summed E-state index contributed by atoms with van der Waals surface area (Å²) in [5, 5.41) is 2.94. The van der Waals surface area contributed by atoms with E-state index in [1.54, 1.807) is 0 Å². The lowest BCUT2D eigenvalue weighted by molar-refractivity contribution is -0.123. The van der Waals surface area contributed by atoms with Crippen LogP contribution < -0.4 is 19.5 Å². The SMILES string of the molecule is CC(NC(=O)CCOc1ccccc1)C1COc2ccccc2O1. The van der Waals surface area contributed by atoms with Crippen molar-refractivity contribution < 1.29 is 19.0 Å². The lowest BCUT2D eigenvalue weighted by Gasteiger charge is -2.30. The van der Waals surface area contributed by atoms with E-state index in [0.717, 1.165) is 11.5 Å². The van der Waals surface area contributed by atoms with Crippen LogP contribution >= 0.6 is 0 Å². The van der Waals surface area contributed by atoms with Crippen LogP contribution in [-0.2, 0) is 4.79 Å². The van der Waals surface area contributed by atoms with Crippen LogP contribution in [0.1, 0.15) is 13.3 Å². The molecule has 1 N–H and O–H groups in total. The maximum absolute atomic E-state index is 12.0. The number of carbonyl (C=O) groups excluding carboxylic acids is 1. The Balaban J connectivity index is 1.43. The molecule has 126 valence electrons. The highest BCUT2D eigenvalue weighted by Gasteiger charge is 2.26. The molecule has 24 heavy (non-hydrogen) atoms. The number of amides is 1. The van der Waals surface area contributed by atoms with Crippen LogP contribution in [0.15, 0.2) is 54.6 Å². The minimum absolute atomic E-state index is 0.0686. The van der Waals surface area contributed by atoms with Gasteiger partial charge >= 0.3 is 0 Å². The Kier molecular flexibility index (Phi) is 5.21. The van der Waals surface area contributed by atoms with Crippen molar-refractivity contribution in [2.45, 2.75) is 25.5 Å². The predicted octanol–water partition coefficient (Wildman–Crippen LogP) is 2.80. The molecule has 1 heterocycles. The highest BCUT2D eigenvalue weighted by molar-refractivity contribution is 5.76. The van der Waals surface area contributed by atoms with Gasteiger partial charge in [0.2, 0.25) is 5.91 Å². The van der Waals surface area contributed by atoms with Gasteiger partial charge in [-0.3, -0.25) is 4.79 Å². The van der Waals surface area contributed by atoms with E-state index in [1.165, 1.54) is 0 Å². The second-order valence-electron chi connectivity index (χ2n) is 5.68. The third-order valence-electron chi connectivity index (χ3n) is 3.82. The summed E-state index contributed by atoms with van der Waals surface area (Å²) in [5.41, 5.74) is 0. The van der Waals surface area contributed by atoms with Gasteiger partial charge in [0, 0.05) is 0 Å². The van der Waals surface area contributed by atoms with Crippen LogP contribution in [0.3, 0.4) is 0 Å². The third kappa shape index (κ3) is 4.19. The smallest absolute Gasteiger partial charge is 0.223 e. The topological polar surface area (TPSA) is 56.8 Å². The molecular formula is C19H21NO4. The number of hydrogen-bond donors (Lipinski definition) is 1. The number of rotatable bonds is 6. The van der Waals surface area contributed by atoms with Gasteiger partial charge in [0.1, 0.15) is 12.4 Å². The third-order valence-corrected chi connectivity index (χ3v) is 3.82. The molecule has 1 amide bonds. The number of fused-ring (bicyclic) bond motifs is 1. The zero-order chi connectivity index (χ0) is 16.8. The van der Waals surface area contributed by atoms with Crippen molar-refractivity contribution in [2.75, 3.05) is 13.2 Å². The Labute approximate surface area is 141 Å². The normalized spacial score (nSPS) is 17.0. The second kappa shape index (κ2) is 7.73. The standard InChI is InChI=1S/C19H21NO4/c1-14(18-13-23-16-9-5-6-10-17(16)24-18)20-19(21)11-12-22-15-7-3-2-4-8-15/h2-10,14,18H,11-13H2,1H3,(H,20,21). The van der Waals surface area contributed by atoms with Crippen LogP contribution in [0.5, 0.6) is 17.2 Å². The van der Waals surface area contributed by atoms with Crippen molar-refractivity contribution in [2.24, 2.45) is 0 Å². The Morgan fingerprint density at radius 3 is 2.67 bits per heavy atom. The van der Waals surface area contributed by atoms with E-state index >= 15 is 0 Å². The van der Waals surface area contributed by atoms with Gasteiger partial charge < -0.3 is 19.5 Å². The monoisotopic (exact) mass is 327 g/mol. The molecule has 2 atom stereocenters. The fourth-order valence-electron chi connectivity index (χ4n) is 2.48. The summed E-state index contributed by atoms with van der Waals surface area (Å²) in [6, 6.07) is 16.8. The molecule has 0 bridgehead atoms. The number of carbonyl (C=O) groups is 1. The van der Waals surface area contributed by atoms with Gasteiger partial charge in [0.05, 0.1) is 19.1 Å². The van der Waals surface area contributed by atoms with Crippen LogP contribution in [0.25, 0.3) is 0 Å². The molecule has 0 fully saturated rings. The van der Waals surface area contributed by atoms with Crippen molar-refractivity contribution in [3.63, 3.8) is 0 Å². The fraction of sp³-hybridized carbons (Fsp3) is 0.316. The summed E-state index contributed by atoms with van der Waals surface area (Å²) in [4.78, 5) is 12.0. The zero-order valence-corrected chi connectivity index (χ0v) is 13.6. The molecule has 2 aromatic rings. The average molecular weight is 327 g/mol. The minimum atomic E-state index is -0.209. The van der Waals surface area contributed by atoms with Crippen molar-refractivity contribution in [3.8, 4) is 17.2 Å². The minimum Gasteiger partial charge on any atom is -0.493 e. The number of para-hydroxylation sites is 3. The van der Waals surface area contributed by atoms with Gasteiger partial charge in [-0.2, -0.15) is 0 Å². The molecule has 0 saturated carbocycles. The Hall–Kier alpha value is -2.69. The quantitative estimate of drug-likeness (QED) is 0.886. The van der Waals surface area contributed by atoms with E-state index in [1.807, 2.05) is 61.5 Å². The highest BCUT2D eigenvalue weighted by atomic mass is 16.6. The summed E-state index contributed by atoms with van der Waals surface area (Å²) < 4.78 is 17.1. The molecule has 1 aliphatic heterocycles. The Morgan fingerprint density at radius 2 is 1.88 bits per heavy atom. The zero-order valence-electron chi connectivity index (χ0n) is 13.6. The fourth-order valence-corrected chi connectivity index (χ4v) is 2.48. The maximum Gasteiger partial charge on any atom is 0.223 e. The van der Waals surface area contributed by atoms with Crippen LogP contribution in [0, 0.1) is 0 Å². The number of ether oxygens (including phenoxy) is 3. The van der Waals surface area contributed by atoms with Crippen LogP contribution in [0.4, 0.5) is 0 Å². The van der Waals surface area contributed by atoms with Crippen LogP contribution in [0.2, 0.25) is 0 Å². The van der Waals surface area contributed by atoms with Gasteiger partial charge in [-0.1, -0.05) is 30.3 Å². The first-order valence-corrected chi connectivity index (χ1v) is 8.08. The van der Waals surface area contributed by atoms with Crippen molar-refractivity contribution in [1.82, 2.24) is 5.32 Å². The largest absolute Gasteiger partial charge is 0.493 e. The molecule has 0 radical (unpaired) electrons. The summed E-state index contributed by atoms with van der Waals surface area (Å²) in [6.45, 7) is 2.67. The van der Waals surface area contributed by atoms with Gasteiger partial charge in [0.15, 0.2) is 17.6 Å². The van der Waals surface area contributed by atoms with Gasteiger partial charge in [-0.15, -0.1) is 0 Å². The molecule has 5 nitrogen and oxygen atoms in total. The van der Waals surface area contributed by atoms with E-state index in [9.17, 15) is 4.79 Å². The van der Waals surface area contributed by atoms with Crippen LogP contribution in [-0.4, -0.2) is 31.3 Å². The van der Waals surface area contributed by atoms with Gasteiger partial charge in [-0.25, -0.2) is 0 Å². The summed E-state index contributed by atoms with van der Waals surface area (Å²) >= 11 is 0. The number of nitrogens with one attached hydrogen (secondary N) is 1. The van der Waals surface area contributed by atoms with E-state index in [-0.39, 0.29) is 18.1 Å². The molecule has 0 spiro atoms. The molecule has 0 saturated heterocycles. The summed E-state index contributed by atoms with van der Waals surface area (Å²) in [5.74, 6) is 2.14. The molecule has 5 heteroatoms. The Bertz CT molecular complexity index is 674. The van der Waals surface area contributed by atoms with E-state index in [2.05, 4.69) is 5.32 Å². The van der Waals surface area contributed by atoms with Crippen molar-refractivity contribution in [3.05, 3.63) is 54.6 Å². The van der Waals surface area contributed by atoms with Crippen molar-refractivity contribution >= 4 is 5.91 Å². The van der Waals surface area contributed by atoms with E-state index in [4.69, 9.17) is 14.2 Å². The van der Waals surface area contributed by atoms with Crippen molar-refractivity contribution in [1.29, 1.82) is 0 Å². The first kappa shape index (κ1) is 16.2. The molecule has 0 aromatic heterocycles. The highest BCUT2D eigenvalue weighted by Crippen LogP contribution is 2.31. The second-order valence-corrected chi connectivity index (χ2v) is 5.68. The molecule has 3 rings (SSSR count). The first-order chi connectivity index (χ1) is 11.7. The first-order valence-electron chi connectivity index (χ1n) is 8.08. The molecule has 0 aliphatic carbocycles. The average Bonchev–Trinajstić information content (AvgIpc) is 2.62. The molecular weight excluding hydrogens is 306 g/mol. The summed E-state index contributed by atoms with van der Waals surface area (Å²) in [7, 11) is 0. The predicted molar refractivity (Wildman–Crippen MR) is 90.5 cm³/mol. The molecule has 2 unspecified atom stereocenters. The van der Waals surface area contributed by atoms with Gasteiger partial charge in [-0.05, 0) is 31.2 Å². The lowest BCUT2D eigenvalue weighted by atomic mass is 10.1. The molecule has 1 aliphatic rings. The van der Waals surface area contributed by atoms with Gasteiger partial charge in [0.25, 0.3) is 0 Å². The number of hydrogen-bond acceptors (Lipinski definition) is 4. The number of benzene rings is 2. The molecule has 2 aromatic carbocycles. The summed E-state index contributed by atoms with van der Waals surface area (Å²) in [6.07, 6.45) is 0.0857. The lowest BCUT2D eigenvalue weighted by Crippen LogP contribution is -2.48.